The van der Waals surface area contributed by atoms with Gasteiger partial charge < -0.3 is 10.1 Å². The van der Waals surface area contributed by atoms with E-state index in [-0.39, 0.29) is 12.5 Å². The van der Waals surface area contributed by atoms with E-state index in [2.05, 4.69) is 5.32 Å². The van der Waals surface area contributed by atoms with E-state index in [0.29, 0.717) is 13.2 Å². The molecule has 2 nitrogen and oxygen atoms in total. The van der Waals surface area contributed by atoms with E-state index in [0.717, 1.165) is 29.7 Å². The molecule has 20 heavy (non-hydrogen) atoms. The van der Waals surface area contributed by atoms with Crippen LogP contribution >= 0.6 is 0 Å². The molecular weight excluding hydrogens is 267 g/mol. The topological polar surface area (TPSA) is 21.3 Å². The van der Waals surface area contributed by atoms with E-state index >= 15 is 0 Å². The first-order valence-corrected chi connectivity index (χ1v) is 7.00. The third-order valence-corrected chi connectivity index (χ3v) is 3.53. The molecule has 0 fully saturated rings. The Kier molecular flexibility index (Phi) is 4.91. The first-order chi connectivity index (χ1) is 9.47. The maximum absolute atomic E-state index is 12.1. The number of aryl methyl sites for hydroxylation is 1. The zero-order valence-corrected chi connectivity index (χ0v) is 11.6. The minimum atomic E-state index is -4.07. The highest BCUT2D eigenvalue weighted by Crippen LogP contribution is 2.34. The van der Waals surface area contributed by atoms with Gasteiger partial charge in [-0.15, -0.1) is 0 Å². The first-order valence-electron chi connectivity index (χ1n) is 7.00. The van der Waals surface area contributed by atoms with Crippen LogP contribution in [0.25, 0.3) is 0 Å². The van der Waals surface area contributed by atoms with E-state index in [1.807, 2.05) is 25.1 Å². The van der Waals surface area contributed by atoms with Crippen molar-refractivity contribution in [2.75, 3.05) is 13.2 Å². The Morgan fingerprint density at radius 1 is 1.35 bits per heavy atom. The highest BCUT2D eigenvalue weighted by molar-refractivity contribution is 5.43. The van der Waals surface area contributed by atoms with E-state index in [1.54, 1.807) is 0 Å². The van der Waals surface area contributed by atoms with Crippen molar-refractivity contribution in [2.45, 2.75) is 44.8 Å². The number of nitrogens with one attached hydrogen (secondary N) is 1. The summed E-state index contributed by atoms with van der Waals surface area (Å²) >= 11 is 0. The molecule has 5 heteroatoms. The van der Waals surface area contributed by atoms with Crippen LogP contribution in [0.5, 0.6) is 5.75 Å². The summed E-state index contributed by atoms with van der Waals surface area (Å²) in [5.41, 5.74) is 2.14. The third kappa shape index (κ3) is 4.13. The van der Waals surface area contributed by atoms with Gasteiger partial charge in [0.25, 0.3) is 0 Å². The molecule has 2 rings (SSSR count). The van der Waals surface area contributed by atoms with Crippen LogP contribution in [0.15, 0.2) is 18.2 Å². The van der Waals surface area contributed by atoms with Gasteiger partial charge in [0.05, 0.1) is 6.61 Å². The molecule has 0 spiro atoms. The van der Waals surface area contributed by atoms with Crippen molar-refractivity contribution in [1.29, 1.82) is 0 Å². The number of halogens is 3. The van der Waals surface area contributed by atoms with E-state index in [4.69, 9.17) is 4.74 Å². The van der Waals surface area contributed by atoms with Gasteiger partial charge in [0.1, 0.15) is 5.75 Å². The van der Waals surface area contributed by atoms with E-state index in [9.17, 15) is 13.2 Å². The molecule has 0 saturated heterocycles. The fraction of sp³-hybridized carbons (Fsp3) is 0.600. The largest absolute Gasteiger partial charge is 0.493 e. The smallest absolute Gasteiger partial charge is 0.389 e. The van der Waals surface area contributed by atoms with Crippen LogP contribution in [0.1, 0.15) is 42.9 Å². The van der Waals surface area contributed by atoms with Crippen molar-refractivity contribution < 1.29 is 17.9 Å². The van der Waals surface area contributed by atoms with Gasteiger partial charge in [-0.25, -0.2) is 0 Å². The van der Waals surface area contributed by atoms with Gasteiger partial charge in [-0.05, 0) is 38.3 Å². The van der Waals surface area contributed by atoms with Gasteiger partial charge in [0.2, 0.25) is 0 Å². The number of alkyl halides is 3. The molecule has 1 atom stereocenters. The number of fused-ring (bicyclic) bond motifs is 1. The standard InChI is InChI=1S/C15H20F3NO/c1-11-5-2-6-12-13(7-3-10-20-14(11)12)19-9-4-8-15(16,17)18/h2,5-6,13,19H,3-4,7-10H2,1H3. The number of hydrogen-bond acceptors (Lipinski definition) is 2. The Morgan fingerprint density at radius 2 is 2.15 bits per heavy atom. The Labute approximate surface area is 117 Å². The second-order valence-corrected chi connectivity index (χ2v) is 5.21. The summed E-state index contributed by atoms with van der Waals surface area (Å²) < 4.78 is 42.1. The molecule has 1 aromatic carbocycles. The number of para-hydroxylation sites is 1. The lowest BCUT2D eigenvalue weighted by atomic mass is 9.99. The van der Waals surface area contributed by atoms with Gasteiger partial charge in [-0.2, -0.15) is 13.2 Å². The molecule has 0 radical (unpaired) electrons. The second kappa shape index (κ2) is 6.48. The highest BCUT2D eigenvalue weighted by atomic mass is 19.4. The van der Waals surface area contributed by atoms with Crippen LogP contribution in [-0.4, -0.2) is 19.3 Å². The van der Waals surface area contributed by atoms with Crippen LogP contribution in [0, 0.1) is 6.92 Å². The van der Waals surface area contributed by atoms with E-state index < -0.39 is 12.6 Å². The fourth-order valence-corrected chi connectivity index (χ4v) is 2.54. The summed E-state index contributed by atoms with van der Waals surface area (Å²) in [6, 6.07) is 6.04. The van der Waals surface area contributed by atoms with Crippen molar-refractivity contribution in [1.82, 2.24) is 5.32 Å². The summed E-state index contributed by atoms with van der Waals surface area (Å²) in [5, 5.41) is 3.24. The zero-order chi connectivity index (χ0) is 14.6. The Morgan fingerprint density at radius 3 is 2.90 bits per heavy atom. The summed E-state index contributed by atoms with van der Waals surface area (Å²) in [4.78, 5) is 0. The van der Waals surface area contributed by atoms with Gasteiger partial charge in [-0.3, -0.25) is 0 Å². The van der Waals surface area contributed by atoms with Crippen molar-refractivity contribution in [3.05, 3.63) is 29.3 Å². The average Bonchev–Trinajstić information content (AvgIpc) is 2.57. The van der Waals surface area contributed by atoms with Gasteiger partial charge >= 0.3 is 6.18 Å². The van der Waals surface area contributed by atoms with Gasteiger partial charge in [0.15, 0.2) is 0 Å². The first kappa shape index (κ1) is 15.2. The predicted molar refractivity (Wildman–Crippen MR) is 71.9 cm³/mol. The molecule has 0 saturated carbocycles. The number of ether oxygens (including phenoxy) is 1. The fourth-order valence-electron chi connectivity index (χ4n) is 2.54. The number of rotatable bonds is 4. The number of benzene rings is 1. The molecular formula is C15H20F3NO. The Balaban J connectivity index is 1.97. The van der Waals surface area contributed by atoms with Crippen LogP contribution in [0.4, 0.5) is 13.2 Å². The summed E-state index contributed by atoms with van der Waals surface area (Å²) in [6.07, 6.45) is -2.89. The van der Waals surface area contributed by atoms with Crippen LogP contribution in [0.3, 0.4) is 0 Å². The molecule has 1 heterocycles. The third-order valence-electron chi connectivity index (χ3n) is 3.53. The van der Waals surface area contributed by atoms with Gasteiger partial charge in [-0.1, -0.05) is 18.2 Å². The SMILES string of the molecule is Cc1cccc2c1OCCCC2NCCCC(F)(F)F. The minimum absolute atomic E-state index is 0.0839. The van der Waals surface area contributed by atoms with Crippen molar-refractivity contribution in [2.24, 2.45) is 0 Å². The molecule has 1 unspecified atom stereocenters. The van der Waals surface area contributed by atoms with Crippen LogP contribution in [0.2, 0.25) is 0 Å². The second-order valence-electron chi connectivity index (χ2n) is 5.21. The lowest BCUT2D eigenvalue weighted by Crippen LogP contribution is -2.23. The molecule has 0 bridgehead atoms. The molecule has 0 amide bonds. The lowest BCUT2D eigenvalue weighted by Gasteiger charge is -2.19. The van der Waals surface area contributed by atoms with Crippen molar-refractivity contribution in [3.8, 4) is 5.75 Å². The quantitative estimate of drug-likeness (QED) is 0.840. The van der Waals surface area contributed by atoms with Crippen molar-refractivity contribution >= 4 is 0 Å². The monoisotopic (exact) mass is 287 g/mol. The van der Waals surface area contributed by atoms with E-state index in [1.165, 1.54) is 0 Å². The Hall–Kier alpha value is -1.23. The maximum atomic E-state index is 12.1. The average molecular weight is 287 g/mol. The maximum Gasteiger partial charge on any atom is 0.389 e. The Bertz CT molecular complexity index is 445. The van der Waals surface area contributed by atoms with Gasteiger partial charge in [0, 0.05) is 18.0 Å². The molecule has 0 aliphatic carbocycles. The molecule has 1 aliphatic heterocycles. The lowest BCUT2D eigenvalue weighted by molar-refractivity contribution is -0.135. The highest BCUT2D eigenvalue weighted by Gasteiger charge is 2.26. The molecule has 1 aromatic rings. The molecule has 1 aliphatic rings. The number of hydrogen-bond donors (Lipinski definition) is 1. The molecule has 0 aromatic heterocycles. The molecule has 1 N–H and O–H groups in total. The van der Waals surface area contributed by atoms with Crippen molar-refractivity contribution in [3.63, 3.8) is 0 Å². The molecule has 112 valence electrons. The normalized spacial score (nSPS) is 19.1. The minimum Gasteiger partial charge on any atom is -0.493 e. The zero-order valence-electron chi connectivity index (χ0n) is 11.6. The summed E-state index contributed by atoms with van der Waals surface area (Å²) in [5.74, 6) is 0.887. The summed E-state index contributed by atoms with van der Waals surface area (Å²) in [6.45, 7) is 3.03. The van der Waals surface area contributed by atoms with Crippen LogP contribution < -0.4 is 10.1 Å². The van der Waals surface area contributed by atoms with Crippen LogP contribution in [-0.2, 0) is 0 Å². The predicted octanol–water partition coefficient (Wildman–Crippen LogP) is 4.14. The summed E-state index contributed by atoms with van der Waals surface area (Å²) in [7, 11) is 0.